The number of hydrogen-bond acceptors (Lipinski definition) is 3. The highest BCUT2D eigenvalue weighted by Crippen LogP contribution is 2.20. The minimum absolute atomic E-state index is 0.0552. The van der Waals surface area contributed by atoms with Gasteiger partial charge in [0.15, 0.2) is 0 Å². The van der Waals surface area contributed by atoms with Crippen LogP contribution in [0.25, 0.3) is 0 Å². The van der Waals surface area contributed by atoms with E-state index in [4.69, 9.17) is 5.11 Å². The predicted octanol–water partition coefficient (Wildman–Crippen LogP) is 1.35. The number of likely N-dealkylation sites (N-methyl/N-ethyl adjacent to an activating group) is 1. The van der Waals surface area contributed by atoms with Crippen molar-refractivity contribution in [3.8, 4) is 5.75 Å². The summed E-state index contributed by atoms with van der Waals surface area (Å²) in [6, 6.07) is 5.83. The quantitative estimate of drug-likeness (QED) is 0.847. The molecule has 1 aromatic rings. The van der Waals surface area contributed by atoms with Crippen LogP contribution in [-0.2, 0) is 4.79 Å². The fraction of sp³-hybridized carbons (Fsp3) is 0.333. The molecule has 0 heterocycles. The first-order valence-corrected chi connectivity index (χ1v) is 5.49. The number of phenolic OH excluding ortho intramolecular Hbond substituents is 1. The summed E-state index contributed by atoms with van der Waals surface area (Å²) in [7, 11) is 1.42. The van der Waals surface area contributed by atoms with Crippen LogP contribution in [0.15, 0.2) is 24.3 Å². The maximum Gasteiger partial charge on any atom is 0.324 e. The first kappa shape index (κ1) is 13.8. The fourth-order valence-corrected chi connectivity index (χ4v) is 1.57. The smallest absolute Gasteiger partial charge is 0.324 e. The van der Waals surface area contributed by atoms with Gasteiger partial charge in [-0.2, -0.15) is 0 Å². The van der Waals surface area contributed by atoms with Crippen LogP contribution in [0, 0.1) is 0 Å². The van der Waals surface area contributed by atoms with Crippen LogP contribution >= 0.6 is 0 Å². The second-order valence-corrected chi connectivity index (χ2v) is 3.80. The summed E-state index contributed by atoms with van der Waals surface area (Å²) in [5.41, 5.74) is 0.528. The van der Waals surface area contributed by atoms with Crippen LogP contribution < -0.4 is 4.90 Å². The van der Waals surface area contributed by atoms with Crippen LogP contribution in [0.3, 0.4) is 0 Å². The average Bonchev–Trinajstić information content (AvgIpc) is 2.29. The molecule has 0 fully saturated rings. The van der Waals surface area contributed by atoms with Gasteiger partial charge < -0.3 is 15.1 Å². The molecule has 0 aliphatic carbocycles. The minimum atomic E-state index is -1.07. The Kier molecular flexibility index (Phi) is 4.53. The van der Waals surface area contributed by atoms with E-state index in [-0.39, 0.29) is 12.3 Å². The number of carboxylic acids is 1. The highest BCUT2D eigenvalue weighted by Gasteiger charge is 2.20. The molecule has 98 valence electrons. The number of carbonyl (C=O) groups is 2. The van der Waals surface area contributed by atoms with Gasteiger partial charge >= 0.3 is 12.0 Å². The number of nitrogens with zero attached hydrogens (tertiary/aromatic N) is 2. The van der Waals surface area contributed by atoms with E-state index in [0.717, 1.165) is 4.90 Å². The molecule has 6 heteroatoms. The third-order valence-electron chi connectivity index (χ3n) is 2.39. The van der Waals surface area contributed by atoms with Crippen molar-refractivity contribution < 1.29 is 19.8 Å². The Morgan fingerprint density at radius 3 is 2.50 bits per heavy atom. The number of benzene rings is 1. The molecule has 1 rings (SSSR count). The van der Waals surface area contributed by atoms with Crippen molar-refractivity contribution in [3.63, 3.8) is 0 Å². The highest BCUT2D eigenvalue weighted by atomic mass is 16.4. The van der Waals surface area contributed by atoms with E-state index in [1.54, 1.807) is 19.1 Å². The van der Waals surface area contributed by atoms with E-state index in [2.05, 4.69) is 0 Å². The summed E-state index contributed by atoms with van der Waals surface area (Å²) >= 11 is 0. The third kappa shape index (κ3) is 3.38. The summed E-state index contributed by atoms with van der Waals surface area (Å²) in [4.78, 5) is 25.1. The number of carbonyl (C=O) groups excluding carboxylic acids is 1. The van der Waals surface area contributed by atoms with E-state index < -0.39 is 12.0 Å². The zero-order valence-corrected chi connectivity index (χ0v) is 10.3. The Balaban J connectivity index is 2.89. The highest BCUT2D eigenvalue weighted by molar-refractivity contribution is 5.93. The van der Waals surface area contributed by atoms with E-state index in [1.807, 2.05) is 0 Å². The first-order chi connectivity index (χ1) is 8.45. The lowest BCUT2D eigenvalue weighted by Crippen LogP contribution is -2.43. The van der Waals surface area contributed by atoms with Gasteiger partial charge in [-0.25, -0.2) is 4.79 Å². The average molecular weight is 252 g/mol. The number of phenols is 1. The Labute approximate surface area is 105 Å². The number of amides is 2. The largest absolute Gasteiger partial charge is 0.508 e. The molecule has 6 nitrogen and oxygen atoms in total. The van der Waals surface area contributed by atoms with E-state index in [1.165, 1.54) is 24.1 Å². The van der Waals surface area contributed by atoms with Crippen molar-refractivity contribution in [2.75, 3.05) is 25.0 Å². The van der Waals surface area contributed by atoms with Crippen LogP contribution in [-0.4, -0.2) is 47.3 Å². The van der Waals surface area contributed by atoms with Crippen LogP contribution in [0.1, 0.15) is 6.92 Å². The Hall–Kier alpha value is -2.24. The molecule has 2 amide bonds. The zero-order valence-electron chi connectivity index (χ0n) is 10.3. The normalized spacial score (nSPS) is 9.89. The summed E-state index contributed by atoms with van der Waals surface area (Å²) in [6.07, 6.45) is 0. The molecule has 1 aromatic carbocycles. The molecule has 18 heavy (non-hydrogen) atoms. The third-order valence-corrected chi connectivity index (χ3v) is 2.39. The van der Waals surface area contributed by atoms with E-state index >= 15 is 0 Å². The number of carboxylic acid groups (broad SMARTS) is 1. The van der Waals surface area contributed by atoms with Crippen LogP contribution in [0.5, 0.6) is 5.75 Å². The summed E-state index contributed by atoms with van der Waals surface area (Å²) in [6.45, 7) is 1.79. The van der Waals surface area contributed by atoms with E-state index in [0.29, 0.717) is 12.2 Å². The Bertz CT molecular complexity index is 447. The Morgan fingerprint density at radius 2 is 2.00 bits per heavy atom. The second-order valence-electron chi connectivity index (χ2n) is 3.80. The molecular formula is C12H16N2O4. The molecule has 0 saturated carbocycles. The van der Waals surface area contributed by atoms with Crippen molar-refractivity contribution in [2.45, 2.75) is 6.92 Å². The van der Waals surface area contributed by atoms with Crippen molar-refractivity contribution in [2.24, 2.45) is 0 Å². The summed E-state index contributed by atoms with van der Waals surface area (Å²) < 4.78 is 0. The molecule has 0 aliphatic heterocycles. The fourth-order valence-electron chi connectivity index (χ4n) is 1.57. The van der Waals surface area contributed by atoms with Gasteiger partial charge in [0, 0.05) is 25.3 Å². The van der Waals surface area contributed by atoms with Gasteiger partial charge in [-0.15, -0.1) is 0 Å². The summed E-state index contributed by atoms with van der Waals surface area (Å²) in [5.74, 6) is -1.02. The minimum Gasteiger partial charge on any atom is -0.508 e. The van der Waals surface area contributed by atoms with Gasteiger partial charge in [-0.05, 0) is 19.1 Å². The van der Waals surface area contributed by atoms with E-state index in [9.17, 15) is 14.7 Å². The van der Waals surface area contributed by atoms with Gasteiger partial charge in [-0.1, -0.05) is 6.07 Å². The van der Waals surface area contributed by atoms with Gasteiger partial charge in [0.05, 0.1) is 0 Å². The lowest BCUT2D eigenvalue weighted by atomic mass is 10.2. The second kappa shape index (κ2) is 5.90. The van der Waals surface area contributed by atoms with Crippen LogP contribution in [0.2, 0.25) is 0 Å². The maximum absolute atomic E-state index is 12.0. The maximum atomic E-state index is 12.0. The number of aliphatic carboxylic acids is 1. The molecule has 0 atom stereocenters. The topological polar surface area (TPSA) is 81.1 Å². The van der Waals surface area contributed by atoms with Gasteiger partial charge in [-0.3, -0.25) is 9.69 Å². The molecule has 2 N–H and O–H groups in total. The van der Waals surface area contributed by atoms with Crippen molar-refractivity contribution in [1.29, 1.82) is 0 Å². The first-order valence-electron chi connectivity index (χ1n) is 5.49. The number of aromatic hydroxyl groups is 1. The van der Waals surface area contributed by atoms with Gasteiger partial charge in [0.25, 0.3) is 0 Å². The monoisotopic (exact) mass is 252 g/mol. The van der Waals surface area contributed by atoms with Gasteiger partial charge in [0.2, 0.25) is 0 Å². The lowest BCUT2D eigenvalue weighted by molar-refractivity contribution is -0.137. The zero-order chi connectivity index (χ0) is 13.7. The number of anilines is 1. The van der Waals surface area contributed by atoms with Gasteiger partial charge in [0.1, 0.15) is 12.3 Å². The van der Waals surface area contributed by atoms with Crippen molar-refractivity contribution in [1.82, 2.24) is 4.90 Å². The molecule has 0 aliphatic rings. The molecule has 0 radical (unpaired) electrons. The van der Waals surface area contributed by atoms with Crippen molar-refractivity contribution in [3.05, 3.63) is 24.3 Å². The molecular weight excluding hydrogens is 236 g/mol. The number of hydrogen-bond donors (Lipinski definition) is 2. The molecule has 0 bridgehead atoms. The number of urea groups is 1. The Morgan fingerprint density at radius 1 is 1.33 bits per heavy atom. The molecule has 0 unspecified atom stereocenters. The summed E-state index contributed by atoms with van der Waals surface area (Å²) in [5, 5.41) is 18.0. The lowest BCUT2D eigenvalue weighted by Gasteiger charge is -2.26. The molecule has 0 saturated heterocycles. The van der Waals surface area contributed by atoms with Crippen LogP contribution in [0.4, 0.5) is 10.5 Å². The molecule has 0 aromatic heterocycles. The SMILES string of the molecule is CCN(C(=O)N(C)CC(=O)O)c1cccc(O)c1. The number of rotatable bonds is 4. The standard InChI is InChI=1S/C12H16N2O4/c1-3-14(9-5-4-6-10(15)7-9)12(18)13(2)8-11(16)17/h4-7,15H,3,8H2,1-2H3,(H,16,17). The molecule has 0 spiro atoms. The predicted molar refractivity (Wildman–Crippen MR) is 66.8 cm³/mol. The van der Waals surface area contributed by atoms with Crippen molar-refractivity contribution >= 4 is 17.7 Å².